The van der Waals surface area contributed by atoms with Crippen LogP contribution in [0.3, 0.4) is 0 Å². The third-order valence-electron chi connectivity index (χ3n) is 3.09. The number of anilines is 2. The average Bonchev–Trinajstić information content (AvgIpc) is 2.41. The van der Waals surface area contributed by atoms with Crippen LogP contribution in [0.5, 0.6) is 0 Å². The average molecular weight is 259 g/mol. The van der Waals surface area contributed by atoms with Crippen molar-refractivity contribution in [3.05, 3.63) is 54.1 Å². The molecule has 1 heterocycles. The highest BCUT2D eigenvalue weighted by atomic mass is 19.1. The standard InChI is InChI=1S/C15H18FN3/c1-15(2,14-5-3-4-8-18-14)10-19-11-6-7-13(17)12(16)9-11/h3-9,19H,10,17H2,1-2H3. The molecule has 0 saturated carbocycles. The fourth-order valence-corrected chi connectivity index (χ4v) is 1.81. The van der Waals surface area contributed by atoms with E-state index >= 15 is 0 Å². The minimum Gasteiger partial charge on any atom is -0.396 e. The van der Waals surface area contributed by atoms with E-state index in [1.165, 1.54) is 6.07 Å². The van der Waals surface area contributed by atoms with E-state index in [2.05, 4.69) is 24.1 Å². The van der Waals surface area contributed by atoms with Crippen molar-refractivity contribution >= 4 is 11.4 Å². The number of nitrogen functional groups attached to an aromatic ring is 1. The Bertz CT molecular complexity index is 553. The summed E-state index contributed by atoms with van der Waals surface area (Å²) in [5, 5.41) is 3.22. The summed E-state index contributed by atoms with van der Waals surface area (Å²) in [6.45, 7) is 4.85. The lowest BCUT2D eigenvalue weighted by molar-refractivity contribution is 0.538. The van der Waals surface area contributed by atoms with E-state index in [1.54, 1.807) is 18.3 Å². The molecule has 0 fully saturated rings. The van der Waals surface area contributed by atoms with Crippen LogP contribution in [0.1, 0.15) is 19.5 Å². The van der Waals surface area contributed by atoms with Gasteiger partial charge in [-0.2, -0.15) is 0 Å². The minimum atomic E-state index is -0.402. The first-order valence-corrected chi connectivity index (χ1v) is 6.19. The van der Waals surface area contributed by atoms with Gasteiger partial charge in [-0.15, -0.1) is 0 Å². The lowest BCUT2D eigenvalue weighted by Gasteiger charge is -2.25. The van der Waals surface area contributed by atoms with Gasteiger partial charge < -0.3 is 11.1 Å². The molecule has 0 radical (unpaired) electrons. The van der Waals surface area contributed by atoms with Gasteiger partial charge in [-0.25, -0.2) is 4.39 Å². The molecule has 0 aliphatic heterocycles. The maximum atomic E-state index is 13.3. The van der Waals surface area contributed by atoms with Gasteiger partial charge in [0.25, 0.3) is 0 Å². The molecule has 0 saturated heterocycles. The van der Waals surface area contributed by atoms with Crippen LogP contribution in [-0.4, -0.2) is 11.5 Å². The first-order valence-electron chi connectivity index (χ1n) is 6.19. The van der Waals surface area contributed by atoms with E-state index in [1.807, 2.05) is 18.2 Å². The molecule has 0 aliphatic carbocycles. The Kier molecular flexibility index (Phi) is 3.69. The normalized spacial score (nSPS) is 11.3. The number of hydrogen-bond acceptors (Lipinski definition) is 3. The first kappa shape index (κ1) is 13.3. The number of pyridine rings is 1. The summed E-state index contributed by atoms with van der Waals surface area (Å²) in [6.07, 6.45) is 1.78. The van der Waals surface area contributed by atoms with Gasteiger partial charge in [-0.3, -0.25) is 4.98 Å². The van der Waals surface area contributed by atoms with Crippen molar-refractivity contribution in [3.63, 3.8) is 0 Å². The largest absolute Gasteiger partial charge is 0.396 e. The number of hydrogen-bond donors (Lipinski definition) is 2. The number of benzene rings is 1. The van der Waals surface area contributed by atoms with Crippen LogP contribution in [0.15, 0.2) is 42.6 Å². The van der Waals surface area contributed by atoms with Crippen molar-refractivity contribution < 1.29 is 4.39 Å². The molecule has 0 unspecified atom stereocenters. The molecule has 0 bridgehead atoms. The smallest absolute Gasteiger partial charge is 0.148 e. The lowest BCUT2D eigenvalue weighted by atomic mass is 9.88. The van der Waals surface area contributed by atoms with Crippen LogP contribution in [0.25, 0.3) is 0 Å². The van der Waals surface area contributed by atoms with Gasteiger partial charge in [-0.1, -0.05) is 19.9 Å². The van der Waals surface area contributed by atoms with Crippen molar-refractivity contribution in [3.8, 4) is 0 Å². The van der Waals surface area contributed by atoms with E-state index in [0.29, 0.717) is 6.54 Å². The van der Waals surface area contributed by atoms with Gasteiger partial charge >= 0.3 is 0 Å². The second-order valence-electron chi connectivity index (χ2n) is 5.19. The first-order chi connectivity index (χ1) is 8.99. The monoisotopic (exact) mass is 259 g/mol. The van der Waals surface area contributed by atoms with Gasteiger partial charge in [0.05, 0.1) is 5.69 Å². The van der Waals surface area contributed by atoms with Gasteiger partial charge in [0.1, 0.15) is 5.82 Å². The Morgan fingerprint density at radius 2 is 2.05 bits per heavy atom. The number of nitrogens with zero attached hydrogens (tertiary/aromatic N) is 1. The van der Waals surface area contributed by atoms with Gasteiger partial charge in [0.15, 0.2) is 0 Å². The van der Waals surface area contributed by atoms with Gasteiger partial charge in [0.2, 0.25) is 0 Å². The van der Waals surface area contributed by atoms with E-state index in [4.69, 9.17) is 5.73 Å². The highest BCUT2D eigenvalue weighted by Crippen LogP contribution is 2.22. The SMILES string of the molecule is CC(C)(CNc1ccc(N)c(F)c1)c1ccccn1. The Balaban J connectivity index is 2.07. The fraction of sp³-hybridized carbons (Fsp3) is 0.267. The third kappa shape index (κ3) is 3.22. The van der Waals surface area contributed by atoms with Crippen LogP contribution >= 0.6 is 0 Å². The number of aromatic nitrogens is 1. The van der Waals surface area contributed by atoms with Crippen LogP contribution in [0, 0.1) is 5.82 Å². The van der Waals surface area contributed by atoms with Crippen LogP contribution in [-0.2, 0) is 5.41 Å². The zero-order valence-electron chi connectivity index (χ0n) is 11.2. The zero-order chi connectivity index (χ0) is 13.9. The van der Waals surface area contributed by atoms with Crippen LogP contribution < -0.4 is 11.1 Å². The van der Waals surface area contributed by atoms with Gasteiger partial charge in [0, 0.05) is 29.5 Å². The molecule has 1 aromatic carbocycles. The molecule has 2 aromatic rings. The number of nitrogens with two attached hydrogens (primary N) is 1. The number of halogens is 1. The van der Waals surface area contributed by atoms with Crippen molar-refractivity contribution in [1.82, 2.24) is 4.98 Å². The Hall–Kier alpha value is -2.10. The van der Waals surface area contributed by atoms with Crippen molar-refractivity contribution in [2.24, 2.45) is 0 Å². The molecular formula is C15H18FN3. The fourth-order valence-electron chi connectivity index (χ4n) is 1.81. The molecule has 2 rings (SSSR count). The van der Waals surface area contributed by atoms with E-state index in [9.17, 15) is 4.39 Å². The minimum absolute atomic E-state index is 0.140. The second-order valence-corrected chi connectivity index (χ2v) is 5.19. The maximum absolute atomic E-state index is 13.3. The quantitative estimate of drug-likeness (QED) is 0.829. The topological polar surface area (TPSA) is 50.9 Å². The lowest BCUT2D eigenvalue weighted by Crippen LogP contribution is -2.28. The summed E-state index contributed by atoms with van der Waals surface area (Å²) in [6, 6.07) is 10.6. The van der Waals surface area contributed by atoms with E-state index in [0.717, 1.165) is 11.4 Å². The molecule has 100 valence electrons. The summed E-state index contributed by atoms with van der Waals surface area (Å²) in [4.78, 5) is 4.36. The molecule has 0 amide bonds. The molecule has 0 atom stereocenters. The molecule has 19 heavy (non-hydrogen) atoms. The number of rotatable bonds is 4. The summed E-state index contributed by atoms with van der Waals surface area (Å²) in [5.41, 5.74) is 7.19. The van der Waals surface area contributed by atoms with Crippen molar-refractivity contribution in [2.75, 3.05) is 17.6 Å². The van der Waals surface area contributed by atoms with E-state index < -0.39 is 5.82 Å². The molecule has 3 N–H and O–H groups in total. The maximum Gasteiger partial charge on any atom is 0.148 e. The predicted molar refractivity (Wildman–Crippen MR) is 76.6 cm³/mol. The van der Waals surface area contributed by atoms with Crippen molar-refractivity contribution in [2.45, 2.75) is 19.3 Å². The highest BCUT2D eigenvalue weighted by molar-refractivity contribution is 5.52. The highest BCUT2D eigenvalue weighted by Gasteiger charge is 2.21. The molecule has 1 aromatic heterocycles. The summed E-state index contributed by atoms with van der Waals surface area (Å²) in [7, 11) is 0. The van der Waals surface area contributed by atoms with Crippen LogP contribution in [0.2, 0.25) is 0 Å². The van der Waals surface area contributed by atoms with E-state index in [-0.39, 0.29) is 11.1 Å². The number of nitrogens with one attached hydrogen (secondary N) is 1. The van der Waals surface area contributed by atoms with Crippen molar-refractivity contribution in [1.29, 1.82) is 0 Å². The molecule has 4 heteroatoms. The summed E-state index contributed by atoms with van der Waals surface area (Å²) in [5.74, 6) is -0.402. The second kappa shape index (κ2) is 5.26. The molecule has 3 nitrogen and oxygen atoms in total. The Morgan fingerprint density at radius 3 is 2.68 bits per heavy atom. The van der Waals surface area contributed by atoms with Crippen LogP contribution in [0.4, 0.5) is 15.8 Å². The summed E-state index contributed by atoms with van der Waals surface area (Å²) >= 11 is 0. The Labute approximate surface area is 112 Å². The summed E-state index contributed by atoms with van der Waals surface area (Å²) < 4.78 is 13.3. The molecule has 0 spiro atoms. The zero-order valence-corrected chi connectivity index (χ0v) is 11.2. The predicted octanol–water partition coefficient (Wildman–Crippen LogP) is 3.19. The van der Waals surface area contributed by atoms with Gasteiger partial charge in [-0.05, 0) is 30.3 Å². The Morgan fingerprint density at radius 1 is 1.26 bits per heavy atom. The third-order valence-corrected chi connectivity index (χ3v) is 3.09. The molecule has 0 aliphatic rings. The molecular weight excluding hydrogens is 241 g/mol.